The third-order valence-corrected chi connectivity index (χ3v) is 4.94. The predicted octanol–water partition coefficient (Wildman–Crippen LogP) is 3.87. The van der Waals surface area contributed by atoms with Crippen molar-refractivity contribution in [2.24, 2.45) is 0 Å². The molecule has 6 heteroatoms. The molecule has 0 unspecified atom stereocenters. The number of fused-ring (bicyclic) bond motifs is 2. The van der Waals surface area contributed by atoms with E-state index in [1.807, 2.05) is 54.6 Å². The van der Waals surface area contributed by atoms with Crippen molar-refractivity contribution >= 4 is 39.3 Å². The van der Waals surface area contributed by atoms with E-state index in [2.05, 4.69) is 10.3 Å². The molecular weight excluding hydrogens is 380 g/mol. The van der Waals surface area contributed by atoms with E-state index in [1.165, 1.54) is 6.92 Å². The van der Waals surface area contributed by atoms with Crippen LogP contribution >= 0.6 is 0 Å². The number of aromatic nitrogens is 1. The summed E-state index contributed by atoms with van der Waals surface area (Å²) in [6, 6.07) is 20.4. The van der Waals surface area contributed by atoms with Crippen LogP contribution in [0.3, 0.4) is 0 Å². The van der Waals surface area contributed by atoms with Crippen LogP contribution < -0.4 is 5.32 Å². The fourth-order valence-corrected chi connectivity index (χ4v) is 3.37. The first-order valence-corrected chi connectivity index (χ1v) is 9.60. The SMILES string of the molecule is C[C@@H](OC(=O)CNC(=O)c1ccc2ccccc2c1)C(=O)c1c[nH]c2ccccc12. The molecule has 2 N–H and O–H groups in total. The zero-order valence-electron chi connectivity index (χ0n) is 16.3. The summed E-state index contributed by atoms with van der Waals surface area (Å²) in [5, 5.41) is 5.28. The number of amides is 1. The van der Waals surface area contributed by atoms with Crippen molar-refractivity contribution in [1.82, 2.24) is 10.3 Å². The number of rotatable bonds is 6. The lowest BCUT2D eigenvalue weighted by molar-refractivity contribution is -0.145. The maximum Gasteiger partial charge on any atom is 0.326 e. The molecule has 0 saturated heterocycles. The first-order chi connectivity index (χ1) is 14.5. The van der Waals surface area contributed by atoms with E-state index < -0.39 is 12.1 Å². The fraction of sp³-hybridized carbons (Fsp3) is 0.125. The van der Waals surface area contributed by atoms with Crippen LogP contribution in [0.5, 0.6) is 0 Å². The molecule has 0 aliphatic rings. The Morgan fingerprint density at radius 2 is 1.70 bits per heavy atom. The predicted molar refractivity (Wildman–Crippen MR) is 114 cm³/mol. The Bertz CT molecular complexity index is 1260. The molecule has 6 nitrogen and oxygen atoms in total. The molecule has 0 spiro atoms. The van der Waals surface area contributed by atoms with Crippen molar-refractivity contribution in [2.45, 2.75) is 13.0 Å². The molecule has 0 fully saturated rings. The van der Waals surface area contributed by atoms with Crippen LogP contribution in [0.2, 0.25) is 0 Å². The van der Waals surface area contributed by atoms with E-state index in [-0.39, 0.29) is 18.2 Å². The van der Waals surface area contributed by atoms with Crippen molar-refractivity contribution in [3.8, 4) is 0 Å². The third kappa shape index (κ3) is 3.93. The molecule has 1 heterocycles. The second-order valence-electron chi connectivity index (χ2n) is 6.99. The highest BCUT2D eigenvalue weighted by Gasteiger charge is 2.22. The van der Waals surface area contributed by atoms with Gasteiger partial charge in [-0.3, -0.25) is 14.4 Å². The quantitative estimate of drug-likeness (QED) is 0.380. The molecule has 4 aromatic rings. The number of carbonyl (C=O) groups excluding carboxylic acids is 3. The number of para-hydroxylation sites is 1. The highest BCUT2D eigenvalue weighted by atomic mass is 16.5. The maximum absolute atomic E-state index is 12.7. The van der Waals surface area contributed by atoms with Crippen molar-refractivity contribution in [3.05, 3.63) is 84.1 Å². The number of aromatic amines is 1. The normalized spacial score (nSPS) is 11.9. The summed E-state index contributed by atoms with van der Waals surface area (Å²) >= 11 is 0. The lowest BCUT2D eigenvalue weighted by atomic mass is 10.1. The first kappa shape index (κ1) is 19.4. The van der Waals surface area contributed by atoms with Crippen LogP contribution in [-0.4, -0.2) is 35.3 Å². The van der Waals surface area contributed by atoms with E-state index in [0.717, 1.165) is 21.7 Å². The second-order valence-corrected chi connectivity index (χ2v) is 6.99. The van der Waals surface area contributed by atoms with Gasteiger partial charge in [-0.2, -0.15) is 0 Å². The summed E-state index contributed by atoms with van der Waals surface area (Å²) in [6.45, 7) is 1.20. The lowest BCUT2D eigenvalue weighted by Crippen LogP contribution is -2.34. The van der Waals surface area contributed by atoms with Crippen LogP contribution in [0.1, 0.15) is 27.6 Å². The summed E-state index contributed by atoms with van der Waals surface area (Å²) in [5.41, 5.74) is 1.75. The van der Waals surface area contributed by atoms with E-state index in [1.54, 1.807) is 18.3 Å². The molecule has 0 bridgehead atoms. The highest BCUT2D eigenvalue weighted by molar-refractivity contribution is 6.10. The van der Waals surface area contributed by atoms with Gasteiger partial charge in [0, 0.05) is 28.2 Å². The third-order valence-electron chi connectivity index (χ3n) is 4.94. The number of Topliss-reactive ketones (excluding diaryl/α,β-unsaturated/α-hetero) is 1. The molecule has 4 rings (SSSR count). The van der Waals surface area contributed by atoms with Gasteiger partial charge in [0.25, 0.3) is 5.91 Å². The molecule has 1 atom stereocenters. The van der Waals surface area contributed by atoms with Gasteiger partial charge < -0.3 is 15.0 Å². The van der Waals surface area contributed by atoms with Gasteiger partial charge >= 0.3 is 5.97 Å². The molecule has 1 amide bonds. The van der Waals surface area contributed by atoms with E-state index in [9.17, 15) is 14.4 Å². The Kier molecular flexibility index (Phi) is 5.30. The van der Waals surface area contributed by atoms with Gasteiger partial charge in [0.05, 0.1) is 0 Å². The standard InChI is InChI=1S/C24H20N2O4/c1-15(23(28)20-13-25-21-9-5-4-8-19(20)21)30-22(27)14-26-24(29)18-11-10-16-6-2-3-7-17(16)12-18/h2-13,15,25H,14H2,1H3,(H,26,29)/t15-/m1/s1. The first-order valence-electron chi connectivity index (χ1n) is 9.60. The molecule has 0 aliphatic heterocycles. The Morgan fingerprint density at radius 1 is 0.967 bits per heavy atom. The summed E-state index contributed by atoms with van der Waals surface area (Å²) in [6.07, 6.45) is 0.646. The number of benzene rings is 3. The van der Waals surface area contributed by atoms with Crippen LogP contribution in [-0.2, 0) is 9.53 Å². The number of hydrogen-bond donors (Lipinski definition) is 2. The minimum Gasteiger partial charge on any atom is -0.453 e. The van der Waals surface area contributed by atoms with E-state index in [0.29, 0.717) is 11.1 Å². The smallest absolute Gasteiger partial charge is 0.326 e. The number of hydrogen-bond acceptors (Lipinski definition) is 4. The molecule has 0 saturated carbocycles. The van der Waals surface area contributed by atoms with Crippen LogP contribution in [0.15, 0.2) is 72.9 Å². The van der Waals surface area contributed by atoms with Crippen molar-refractivity contribution in [3.63, 3.8) is 0 Å². The second kappa shape index (κ2) is 8.21. The zero-order chi connectivity index (χ0) is 21.1. The number of nitrogens with one attached hydrogen (secondary N) is 2. The lowest BCUT2D eigenvalue weighted by Gasteiger charge is -2.12. The van der Waals surface area contributed by atoms with Crippen molar-refractivity contribution in [1.29, 1.82) is 0 Å². The Labute approximate surface area is 172 Å². The number of carbonyl (C=O) groups is 3. The molecule has 150 valence electrons. The molecule has 0 aliphatic carbocycles. The molecule has 1 aromatic heterocycles. The number of esters is 1. The van der Waals surface area contributed by atoms with Gasteiger partial charge in [-0.25, -0.2) is 0 Å². The highest BCUT2D eigenvalue weighted by Crippen LogP contribution is 2.20. The summed E-state index contributed by atoms with van der Waals surface area (Å²) < 4.78 is 5.22. The van der Waals surface area contributed by atoms with Gasteiger partial charge in [0.15, 0.2) is 6.10 Å². The van der Waals surface area contributed by atoms with Crippen LogP contribution in [0.4, 0.5) is 0 Å². The average Bonchev–Trinajstić information content (AvgIpc) is 3.20. The van der Waals surface area contributed by atoms with E-state index in [4.69, 9.17) is 4.74 Å². The van der Waals surface area contributed by atoms with Gasteiger partial charge in [-0.05, 0) is 35.9 Å². The minimum absolute atomic E-state index is 0.304. The van der Waals surface area contributed by atoms with Gasteiger partial charge in [-0.1, -0.05) is 48.5 Å². The van der Waals surface area contributed by atoms with Crippen LogP contribution in [0, 0.1) is 0 Å². The molecular formula is C24H20N2O4. The maximum atomic E-state index is 12.7. The molecule has 30 heavy (non-hydrogen) atoms. The average molecular weight is 400 g/mol. The Morgan fingerprint density at radius 3 is 2.53 bits per heavy atom. The largest absolute Gasteiger partial charge is 0.453 e. The van der Waals surface area contributed by atoms with Crippen LogP contribution in [0.25, 0.3) is 21.7 Å². The minimum atomic E-state index is -0.964. The Hall–Kier alpha value is -3.93. The number of ether oxygens (including phenoxy) is 1. The fourth-order valence-electron chi connectivity index (χ4n) is 3.37. The summed E-state index contributed by atoms with van der Waals surface area (Å²) in [4.78, 5) is 40.2. The zero-order valence-corrected chi connectivity index (χ0v) is 16.3. The summed E-state index contributed by atoms with van der Waals surface area (Å²) in [5.74, 6) is -1.36. The summed E-state index contributed by atoms with van der Waals surface area (Å²) in [7, 11) is 0. The van der Waals surface area contributed by atoms with Gasteiger partial charge in [0.1, 0.15) is 6.54 Å². The monoisotopic (exact) mass is 400 g/mol. The molecule has 3 aromatic carbocycles. The van der Waals surface area contributed by atoms with Gasteiger partial charge in [0.2, 0.25) is 5.78 Å². The van der Waals surface area contributed by atoms with E-state index >= 15 is 0 Å². The Balaban J connectivity index is 1.35. The molecule has 0 radical (unpaired) electrons. The van der Waals surface area contributed by atoms with Crippen molar-refractivity contribution < 1.29 is 19.1 Å². The topological polar surface area (TPSA) is 88.3 Å². The number of H-pyrrole nitrogens is 1. The van der Waals surface area contributed by atoms with Gasteiger partial charge in [-0.15, -0.1) is 0 Å². The van der Waals surface area contributed by atoms with Crippen molar-refractivity contribution in [2.75, 3.05) is 6.54 Å². The number of ketones is 1.